The summed E-state index contributed by atoms with van der Waals surface area (Å²) in [4.78, 5) is 8.14. The molecule has 2 heterocycles. The van der Waals surface area contributed by atoms with Crippen LogP contribution in [0.3, 0.4) is 0 Å². The van der Waals surface area contributed by atoms with Crippen LogP contribution >= 0.6 is 11.8 Å². The third kappa shape index (κ3) is 2.66. The minimum atomic E-state index is 0.565. The van der Waals surface area contributed by atoms with Crippen LogP contribution in [0.4, 0.5) is 5.69 Å². The molecule has 1 unspecified atom stereocenters. The van der Waals surface area contributed by atoms with Crippen molar-refractivity contribution in [2.45, 2.75) is 16.6 Å². The zero-order valence-electron chi connectivity index (χ0n) is 11.3. The summed E-state index contributed by atoms with van der Waals surface area (Å²) in [5.41, 5.74) is 1.27. The van der Waals surface area contributed by atoms with Gasteiger partial charge in [-0.25, -0.2) is 0 Å². The second kappa shape index (κ2) is 5.33. The summed E-state index contributed by atoms with van der Waals surface area (Å²) in [7, 11) is 3.86. The molecule has 0 amide bonds. The van der Waals surface area contributed by atoms with Crippen molar-refractivity contribution in [2.75, 3.05) is 38.7 Å². The monoisotopic (exact) mass is 277 g/mol. The Balaban J connectivity index is 1.76. The van der Waals surface area contributed by atoms with E-state index in [4.69, 9.17) is 4.74 Å². The Morgan fingerprint density at radius 1 is 1.53 bits per heavy atom. The van der Waals surface area contributed by atoms with Gasteiger partial charge in [0.25, 0.3) is 0 Å². The summed E-state index contributed by atoms with van der Waals surface area (Å²) < 4.78 is 5.30. The van der Waals surface area contributed by atoms with Crippen LogP contribution in [0.15, 0.2) is 28.1 Å². The lowest BCUT2D eigenvalue weighted by Crippen LogP contribution is -2.34. The molecule has 102 valence electrons. The number of anilines is 1. The van der Waals surface area contributed by atoms with Gasteiger partial charge in [0, 0.05) is 42.8 Å². The summed E-state index contributed by atoms with van der Waals surface area (Å²) in [6.07, 6.45) is 1.03. The number of nitrogens with one attached hydrogen (secondary N) is 1. The number of methoxy groups -OCH3 is 1. The topological polar surface area (TPSA) is 36.9 Å². The van der Waals surface area contributed by atoms with Crippen LogP contribution in [-0.2, 0) is 0 Å². The lowest BCUT2D eigenvalue weighted by Gasteiger charge is -2.33. The third-order valence-electron chi connectivity index (χ3n) is 3.51. The van der Waals surface area contributed by atoms with E-state index in [-0.39, 0.29) is 0 Å². The molecule has 1 atom stereocenters. The Kier molecular flexibility index (Phi) is 3.55. The summed E-state index contributed by atoms with van der Waals surface area (Å²) in [5.74, 6) is 2.09. The van der Waals surface area contributed by atoms with Gasteiger partial charge in [-0.15, -0.1) is 11.8 Å². The molecule has 0 radical (unpaired) electrons. The summed E-state index contributed by atoms with van der Waals surface area (Å²) in [6, 6.07) is 6.31. The molecule has 3 rings (SSSR count). The van der Waals surface area contributed by atoms with E-state index < -0.39 is 0 Å². The van der Waals surface area contributed by atoms with Gasteiger partial charge in [0.15, 0.2) is 0 Å². The number of ether oxygens (including phenoxy) is 1. The smallest absolute Gasteiger partial charge is 0.121 e. The largest absolute Gasteiger partial charge is 0.497 e. The van der Waals surface area contributed by atoms with Crippen molar-refractivity contribution in [1.82, 2.24) is 5.32 Å². The molecule has 1 aromatic carbocycles. The van der Waals surface area contributed by atoms with E-state index in [0.29, 0.717) is 5.25 Å². The predicted octanol–water partition coefficient (Wildman–Crippen LogP) is 2.00. The van der Waals surface area contributed by atoms with Gasteiger partial charge in [0.05, 0.1) is 25.2 Å². The van der Waals surface area contributed by atoms with Gasteiger partial charge in [0.1, 0.15) is 5.75 Å². The van der Waals surface area contributed by atoms with Crippen LogP contribution in [0.1, 0.15) is 6.42 Å². The first-order valence-corrected chi connectivity index (χ1v) is 7.47. The highest BCUT2D eigenvalue weighted by atomic mass is 32.2. The fourth-order valence-electron chi connectivity index (χ4n) is 2.55. The van der Waals surface area contributed by atoms with Crippen LogP contribution in [0.2, 0.25) is 0 Å². The molecule has 0 aliphatic carbocycles. The van der Waals surface area contributed by atoms with Crippen LogP contribution in [-0.4, -0.2) is 44.9 Å². The molecule has 4 nitrogen and oxygen atoms in total. The van der Waals surface area contributed by atoms with Gasteiger partial charge in [-0.05, 0) is 12.1 Å². The van der Waals surface area contributed by atoms with Crippen molar-refractivity contribution in [3.05, 3.63) is 18.2 Å². The summed E-state index contributed by atoms with van der Waals surface area (Å²) in [6.45, 7) is 2.97. The van der Waals surface area contributed by atoms with Crippen molar-refractivity contribution < 1.29 is 4.74 Å². The lowest BCUT2D eigenvalue weighted by atomic mass is 10.2. The predicted molar refractivity (Wildman–Crippen MR) is 80.8 cm³/mol. The maximum atomic E-state index is 5.30. The zero-order valence-corrected chi connectivity index (χ0v) is 12.2. The maximum absolute atomic E-state index is 5.30. The number of fused-ring (bicyclic) bond motifs is 1. The molecule has 0 aromatic heterocycles. The lowest BCUT2D eigenvalue weighted by molar-refractivity contribution is 0.414. The van der Waals surface area contributed by atoms with E-state index in [1.165, 1.54) is 16.4 Å². The van der Waals surface area contributed by atoms with E-state index >= 15 is 0 Å². The van der Waals surface area contributed by atoms with E-state index in [0.717, 1.165) is 31.8 Å². The number of benzene rings is 1. The average molecular weight is 277 g/mol. The van der Waals surface area contributed by atoms with Crippen LogP contribution in [0, 0.1) is 0 Å². The Labute approximate surface area is 118 Å². The van der Waals surface area contributed by atoms with Gasteiger partial charge in [-0.2, -0.15) is 0 Å². The van der Waals surface area contributed by atoms with Gasteiger partial charge < -0.3 is 15.0 Å². The number of hydrogen-bond donors (Lipinski definition) is 1. The summed E-state index contributed by atoms with van der Waals surface area (Å²) >= 11 is 1.95. The number of nitrogens with zero attached hydrogens (tertiary/aromatic N) is 2. The van der Waals surface area contributed by atoms with Gasteiger partial charge in [0.2, 0.25) is 0 Å². The van der Waals surface area contributed by atoms with E-state index in [1.807, 2.05) is 17.8 Å². The summed E-state index contributed by atoms with van der Waals surface area (Å²) in [5, 5.41) is 3.92. The van der Waals surface area contributed by atoms with Crippen LogP contribution < -0.4 is 15.0 Å². The molecule has 0 fully saturated rings. The highest BCUT2D eigenvalue weighted by molar-refractivity contribution is 8.00. The van der Waals surface area contributed by atoms with Crippen molar-refractivity contribution in [3.63, 3.8) is 0 Å². The maximum Gasteiger partial charge on any atom is 0.121 e. The van der Waals surface area contributed by atoms with Crippen molar-refractivity contribution in [1.29, 1.82) is 0 Å². The molecular weight excluding hydrogens is 258 g/mol. The molecule has 1 aromatic rings. The number of rotatable bonds is 3. The number of aliphatic imine (C=N–C) groups is 1. The zero-order chi connectivity index (χ0) is 13.2. The van der Waals surface area contributed by atoms with Crippen LogP contribution in [0.5, 0.6) is 5.75 Å². The quantitative estimate of drug-likeness (QED) is 0.917. The molecule has 0 spiro atoms. The SMILES string of the molecule is COc1ccc2c(c1)N(C)CC(CC1=NCCN1)S2. The second-order valence-corrected chi connectivity index (χ2v) is 6.26. The van der Waals surface area contributed by atoms with Gasteiger partial charge >= 0.3 is 0 Å². The standard InChI is InChI=1S/C14H19N3OS/c1-17-9-11(8-14-15-5-6-16-14)19-13-4-3-10(18-2)7-12(13)17/h3-4,7,11H,5-6,8-9H2,1-2H3,(H,15,16). The molecule has 1 N–H and O–H groups in total. The van der Waals surface area contributed by atoms with Crippen molar-refractivity contribution in [3.8, 4) is 5.75 Å². The van der Waals surface area contributed by atoms with Gasteiger partial charge in [-0.1, -0.05) is 0 Å². The van der Waals surface area contributed by atoms with E-state index in [2.05, 4.69) is 34.4 Å². The molecule has 0 saturated carbocycles. The molecule has 0 bridgehead atoms. The first-order valence-electron chi connectivity index (χ1n) is 6.59. The normalized spacial score (nSPS) is 21.7. The molecule has 2 aliphatic heterocycles. The highest BCUT2D eigenvalue weighted by Gasteiger charge is 2.25. The van der Waals surface area contributed by atoms with Gasteiger partial charge in [-0.3, -0.25) is 4.99 Å². The average Bonchev–Trinajstić information content (AvgIpc) is 2.91. The molecule has 2 aliphatic rings. The Bertz CT molecular complexity index is 503. The molecule has 0 saturated heterocycles. The number of thioether (sulfide) groups is 1. The fourth-order valence-corrected chi connectivity index (χ4v) is 3.93. The minimum absolute atomic E-state index is 0.565. The Morgan fingerprint density at radius 2 is 2.42 bits per heavy atom. The molecular formula is C14H19N3OS. The Hall–Kier alpha value is -1.36. The van der Waals surface area contributed by atoms with Crippen LogP contribution in [0.25, 0.3) is 0 Å². The first kappa shape index (κ1) is 12.7. The fraction of sp³-hybridized carbons (Fsp3) is 0.500. The molecule has 19 heavy (non-hydrogen) atoms. The number of amidine groups is 1. The Morgan fingerprint density at radius 3 is 3.16 bits per heavy atom. The van der Waals surface area contributed by atoms with E-state index in [1.54, 1.807) is 7.11 Å². The molecule has 5 heteroatoms. The first-order chi connectivity index (χ1) is 9.26. The van der Waals surface area contributed by atoms with Crippen molar-refractivity contribution >= 4 is 23.3 Å². The second-order valence-electron chi connectivity index (χ2n) is 4.91. The third-order valence-corrected chi connectivity index (χ3v) is 4.76. The van der Waals surface area contributed by atoms with Crippen molar-refractivity contribution in [2.24, 2.45) is 4.99 Å². The van der Waals surface area contributed by atoms with E-state index in [9.17, 15) is 0 Å². The highest BCUT2D eigenvalue weighted by Crippen LogP contribution is 2.40. The number of hydrogen-bond acceptors (Lipinski definition) is 5. The minimum Gasteiger partial charge on any atom is -0.497 e.